The Labute approximate surface area is 78.2 Å². The average molecular weight is 176 g/mol. The Morgan fingerprint density at radius 2 is 2.31 bits per heavy atom. The summed E-state index contributed by atoms with van der Waals surface area (Å²) in [5.41, 5.74) is 2.04. The molecule has 0 atom stereocenters. The lowest BCUT2D eigenvalue weighted by atomic mass is 10.2. The van der Waals surface area contributed by atoms with Gasteiger partial charge >= 0.3 is 0 Å². The first kappa shape index (κ1) is 9.53. The molecular weight excluding hydrogens is 164 g/mol. The highest BCUT2D eigenvalue weighted by molar-refractivity contribution is 5.25. The van der Waals surface area contributed by atoms with Gasteiger partial charge in [0, 0.05) is 18.2 Å². The number of methoxy groups -OCH3 is 1. The molecule has 3 nitrogen and oxygen atoms in total. The van der Waals surface area contributed by atoms with Crippen LogP contribution in [0.2, 0.25) is 0 Å². The van der Waals surface area contributed by atoms with E-state index in [4.69, 9.17) is 11.3 Å². The number of ether oxygens (including phenoxy) is 1. The third-order valence-corrected chi connectivity index (χ3v) is 1.71. The molecule has 0 amide bonds. The molecule has 0 fully saturated rings. The molecule has 1 heterocycles. The second-order valence-corrected chi connectivity index (χ2v) is 2.79. The van der Waals surface area contributed by atoms with Crippen LogP contribution in [0.4, 0.5) is 0 Å². The number of hydrogen-bond donors (Lipinski definition) is 0. The molecule has 0 spiro atoms. The molecule has 0 aromatic carbocycles. The summed E-state index contributed by atoms with van der Waals surface area (Å²) in [6.07, 6.45) is 0.767. The minimum Gasteiger partial charge on any atom is -0.481 e. The van der Waals surface area contributed by atoms with Gasteiger partial charge in [-0.05, 0) is 18.6 Å². The fourth-order valence-electron chi connectivity index (χ4n) is 1.14. The van der Waals surface area contributed by atoms with Crippen LogP contribution in [0.5, 0.6) is 5.88 Å². The molecule has 0 aliphatic rings. The van der Waals surface area contributed by atoms with Crippen molar-refractivity contribution in [3.05, 3.63) is 34.8 Å². The Morgan fingerprint density at radius 3 is 2.92 bits per heavy atom. The van der Waals surface area contributed by atoms with E-state index in [9.17, 15) is 0 Å². The molecule has 0 saturated carbocycles. The standard InChI is InChI=1S/C10H12N2O/c1-8-6-9(4-5-11-2)7-10(12-8)13-3/h6-7H,4-5H2,1,3H3. The van der Waals surface area contributed by atoms with Gasteiger partial charge in [0.15, 0.2) is 0 Å². The molecule has 68 valence electrons. The van der Waals surface area contributed by atoms with E-state index in [2.05, 4.69) is 9.83 Å². The van der Waals surface area contributed by atoms with Gasteiger partial charge < -0.3 is 9.58 Å². The van der Waals surface area contributed by atoms with E-state index < -0.39 is 0 Å². The number of aromatic nitrogens is 1. The van der Waals surface area contributed by atoms with Crippen molar-refractivity contribution in [2.24, 2.45) is 0 Å². The predicted octanol–water partition coefficient (Wildman–Crippen LogP) is 1.86. The Bertz CT molecular complexity index is 328. The number of hydrogen-bond acceptors (Lipinski definition) is 2. The van der Waals surface area contributed by atoms with Gasteiger partial charge in [-0.25, -0.2) is 11.6 Å². The maximum absolute atomic E-state index is 6.68. The SMILES string of the molecule is [C-]#[N+]CCc1cc(C)nc(OC)c1. The first-order chi connectivity index (χ1) is 6.26. The first-order valence-corrected chi connectivity index (χ1v) is 4.11. The van der Waals surface area contributed by atoms with Crippen molar-refractivity contribution in [1.82, 2.24) is 4.98 Å². The topological polar surface area (TPSA) is 26.5 Å². The number of rotatable bonds is 3. The van der Waals surface area contributed by atoms with Crippen LogP contribution in [0, 0.1) is 13.5 Å². The second kappa shape index (κ2) is 4.46. The number of aryl methyl sites for hydroxylation is 1. The summed E-state index contributed by atoms with van der Waals surface area (Å²) < 4.78 is 5.03. The molecule has 1 aromatic heterocycles. The molecule has 0 saturated heterocycles. The van der Waals surface area contributed by atoms with Crippen LogP contribution in [0.25, 0.3) is 4.85 Å². The molecule has 0 N–H and O–H groups in total. The highest BCUT2D eigenvalue weighted by Gasteiger charge is 2.00. The van der Waals surface area contributed by atoms with Gasteiger partial charge in [0.25, 0.3) is 0 Å². The highest BCUT2D eigenvalue weighted by atomic mass is 16.5. The van der Waals surface area contributed by atoms with Crippen LogP contribution in [0.15, 0.2) is 12.1 Å². The normalized spacial score (nSPS) is 9.31. The summed E-state index contributed by atoms with van der Waals surface area (Å²) in [6, 6.07) is 3.85. The van der Waals surface area contributed by atoms with E-state index in [1.807, 2.05) is 19.1 Å². The Hall–Kier alpha value is -1.56. The van der Waals surface area contributed by atoms with E-state index in [0.717, 1.165) is 17.7 Å². The van der Waals surface area contributed by atoms with Gasteiger partial charge in [-0.2, -0.15) is 0 Å². The summed E-state index contributed by atoms with van der Waals surface area (Å²) >= 11 is 0. The first-order valence-electron chi connectivity index (χ1n) is 4.11. The molecule has 1 rings (SSSR count). The average Bonchev–Trinajstić information content (AvgIpc) is 2.14. The third-order valence-electron chi connectivity index (χ3n) is 1.71. The fraction of sp³-hybridized carbons (Fsp3) is 0.400. The van der Waals surface area contributed by atoms with Gasteiger partial charge in [-0.15, -0.1) is 0 Å². The summed E-state index contributed by atoms with van der Waals surface area (Å²) in [4.78, 5) is 7.47. The molecule has 0 unspecified atom stereocenters. The maximum Gasteiger partial charge on any atom is 0.218 e. The summed E-state index contributed by atoms with van der Waals surface area (Å²) in [5.74, 6) is 0.625. The number of pyridine rings is 1. The van der Waals surface area contributed by atoms with Crippen molar-refractivity contribution in [3.63, 3.8) is 0 Å². The van der Waals surface area contributed by atoms with Crippen molar-refractivity contribution < 1.29 is 4.74 Å². The third kappa shape index (κ3) is 2.75. The molecule has 3 heteroatoms. The minimum absolute atomic E-state index is 0.520. The van der Waals surface area contributed by atoms with Crippen LogP contribution in [0.3, 0.4) is 0 Å². The largest absolute Gasteiger partial charge is 0.481 e. The second-order valence-electron chi connectivity index (χ2n) is 2.79. The van der Waals surface area contributed by atoms with Crippen molar-refractivity contribution in [3.8, 4) is 5.88 Å². The van der Waals surface area contributed by atoms with Crippen LogP contribution in [-0.2, 0) is 6.42 Å². The lowest BCUT2D eigenvalue weighted by molar-refractivity contribution is 0.396. The Morgan fingerprint density at radius 1 is 1.54 bits per heavy atom. The van der Waals surface area contributed by atoms with E-state index in [0.29, 0.717) is 12.4 Å². The molecule has 1 aromatic rings. The predicted molar refractivity (Wildman–Crippen MR) is 50.7 cm³/mol. The van der Waals surface area contributed by atoms with Crippen LogP contribution < -0.4 is 4.74 Å². The van der Waals surface area contributed by atoms with Crippen molar-refractivity contribution >= 4 is 0 Å². The molecular formula is C10H12N2O. The lowest BCUT2D eigenvalue weighted by Gasteiger charge is -2.02. The molecule has 0 bridgehead atoms. The fourth-order valence-corrected chi connectivity index (χ4v) is 1.14. The number of nitrogens with zero attached hydrogens (tertiary/aromatic N) is 2. The monoisotopic (exact) mass is 176 g/mol. The molecule has 0 aliphatic carbocycles. The van der Waals surface area contributed by atoms with Crippen LogP contribution >= 0.6 is 0 Å². The lowest BCUT2D eigenvalue weighted by Crippen LogP contribution is -1.94. The minimum atomic E-state index is 0.520. The molecule has 13 heavy (non-hydrogen) atoms. The zero-order valence-corrected chi connectivity index (χ0v) is 7.87. The van der Waals surface area contributed by atoms with Gasteiger partial charge in [0.2, 0.25) is 12.4 Å². The zero-order valence-electron chi connectivity index (χ0n) is 7.87. The van der Waals surface area contributed by atoms with Gasteiger partial charge in [0.1, 0.15) is 0 Å². The van der Waals surface area contributed by atoms with E-state index in [-0.39, 0.29) is 0 Å². The van der Waals surface area contributed by atoms with E-state index in [1.165, 1.54) is 0 Å². The van der Waals surface area contributed by atoms with Crippen LogP contribution in [0.1, 0.15) is 11.3 Å². The van der Waals surface area contributed by atoms with Crippen molar-refractivity contribution in [2.75, 3.05) is 13.7 Å². The summed E-state index contributed by atoms with van der Waals surface area (Å²) in [5, 5.41) is 0. The maximum atomic E-state index is 6.68. The highest BCUT2D eigenvalue weighted by Crippen LogP contribution is 2.12. The van der Waals surface area contributed by atoms with Gasteiger partial charge in [-0.1, -0.05) is 0 Å². The zero-order chi connectivity index (χ0) is 9.68. The summed E-state index contributed by atoms with van der Waals surface area (Å²) in [7, 11) is 1.60. The van der Waals surface area contributed by atoms with E-state index in [1.54, 1.807) is 7.11 Å². The van der Waals surface area contributed by atoms with E-state index >= 15 is 0 Å². The van der Waals surface area contributed by atoms with Crippen LogP contribution in [-0.4, -0.2) is 18.6 Å². The Balaban J connectivity index is 2.83. The van der Waals surface area contributed by atoms with Gasteiger partial charge in [-0.3, -0.25) is 0 Å². The van der Waals surface area contributed by atoms with Crippen molar-refractivity contribution in [2.45, 2.75) is 13.3 Å². The smallest absolute Gasteiger partial charge is 0.218 e. The molecule has 0 radical (unpaired) electrons. The Kier molecular flexibility index (Phi) is 3.27. The summed E-state index contributed by atoms with van der Waals surface area (Å²) in [6.45, 7) is 9.12. The van der Waals surface area contributed by atoms with Crippen molar-refractivity contribution in [1.29, 1.82) is 0 Å². The van der Waals surface area contributed by atoms with Gasteiger partial charge in [0.05, 0.1) is 7.11 Å². The quantitative estimate of drug-likeness (QED) is 0.657. The molecule has 0 aliphatic heterocycles.